The zero-order valence-electron chi connectivity index (χ0n) is 11.6. The Hall–Kier alpha value is -1.57. The van der Waals surface area contributed by atoms with E-state index in [2.05, 4.69) is 30.1 Å². The van der Waals surface area contributed by atoms with Crippen LogP contribution in [0.15, 0.2) is 24.3 Å². The third kappa shape index (κ3) is 2.89. The number of nitrogens with zero attached hydrogens (tertiary/aromatic N) is 2. The molecule has 1 aliphatic rings. The Bertz CT molecular complexity index is 459. The number of piperazine rings is 1. The van der Waals surface area contributed by atoms with Crippen molar-refractivity contribution in [3.8, 4) is 6.07 Å². The summed E-state index contributed by atoms with van der Waals surface area (Å²) in [6.07, 6.45) is 0.746. The van der Waals surface area contributed by atoms with Gasteiger partial charge in [0.05, 0.1) is 11.6 Å². The lowest BCUT2D eigenvalue weighted by Gasteiger charge is -2.49. The predicted octanol–water partition coefficient (Wildman–Crippen LogP) is 1.50. The van der Waals surface area contributed by atoms with E-state index in [1.807, 2.05) is 24.3 Å². The molecule has 4 nitrogen and oxygen atoms in total. The number of rotatable bonds is 3. The van der Waals surface area contributed by atoms with Gasteiger partial charge in [0.2, 0.25) is 0 Å². The van der Waals surface area contributed by atoms with Gasteiger partial charge in [-0.05, 0) is 44.5 Å². The Morgan fingerprint density at radius 2 is 2.11 bits per heavy atom. The van der Waals surface area contributed by atoms with E-state index in [0.717, 1.165) is 25.2 Å². The number of anilines is 1. The molecule has 1 saturated heterocycles. The van der Waals surface area contributed by atoms with Gasteiger partial charge in [-0.15, -0.1) is 0 Å². The monoisotopic (exact) mass is 259 g/mol. The van der Waals surface area contributed by atoms with Gasteiger partial charge in [-0.2, -0.15) is 5.26 Å². The molecule has 2 rings (SSSR count). The van der Waals surface area contributed by atoms with Gasteiger partial charge >= 0.3 is 0 Å². The van der Waals surface area contributed by atoms with Crippen LogP contribution >= 0.6 is 0 Å². The van der Waals surface area contributed by atoms with Gasteiger partial charge in [-0.3, -0.25) is 0 Å². The molecule has 1 atom stereocenters. The number of hydrogen-bond donors (Lipinski definition) is 2. The molecule has 4 heteroatoms. The maximum Gasteiger partial charge on any atom is 0.0991 e. The van der Waals surface area contributed by atoms with E-state index >= 15 is 0 Å². The normalized spacial score (nSPS) is 22.0. The van der Waals surface area contributed by atoms with Crippen LogP contribution in [0, 0.1) is 11.3 Å². The molecule has 0 spiro atoms. The molecule has 0 bridgehead atoms. The fourth-order valence-electron chi connectivity index (χ4n) is 2.85. The fraction of sp³-hybridized carbons (Fsp3) is 0.533. The number of aliphatic hydroxyl groups is 1. The second-order valence-electron chi connectivity index (χ2n) is 5.64. The van der Waals surface area contributed by atoms with Crippen LogP contribution in [0.25, 0.3) is 0 Å². The Labute approximate surface area is 114 Å². The molecule has 0 aliphatic carbocycles. The van der Waals surface area contributed by atoms with Crippen molar-refractivity contribution in [2.75, 3.05) is 24.6 Å². The first-order chi connectivity index (χ1) is 9.08. The van der Waals surface area contributed by atoms with Gasteiger partial charge < -0.3 is 15.3 Å². The van der Waals surface area contributed by atoms with E-state index in [-0.39, 0.29) is 18.2 Å². The Morgan fingerprint density at radius 1 is 1.42 bits per heavy atom. The van der Waals surface area contributed by atoms with E-state index in [1.54, 1.807) is 0 Å². The third-order valence-corrected chi connectivity index (χ3v) is 3.69. The lowest BCUT2D eigenvalue weighted by Crippen LogP contribution is -2.63. The Morgan fingerprint density at radius 3 is 2.68 bits per heavy atom. The number of hydrogen-bond acceptors (Lipinski definition) is 4. The minimum absolute atomic E-state index is 0.00769. The van der Waals surface area contributed by atoms with Crippen LogP contribution in [-0.2, 0) is 0 Å². The van der Waals surface area contributed by atoms with Crippen LogP contribution in [0.3, 0.4) is 0 Å². The van der Waals surface area contributed by atoms with Gasteiger partial charge in [-0.25, -0.2) is 0 Å². The van der Waals surface area contributed by atoms with Crippen LogP contribution in [0.2, 0.25) is 0 Å². The first-order valence-electron chi connectivity index (χ1n) is 6.69. The van der Waals surface area contributed by atoms with Crippen molar-refractivity contribution in [2.45, 2.75) is 31.8 Å². The maximum atomic E-state index is 9.24. The number of nitriles is 1. The SMILES string of the molecule is CC1(C)CNCC(CCO)N1c1ccc(C#N)cc1. The van der Waals surface area contributed by atoms with Crippen LogP contribution in [-0.4, -0.2) is 36.4 Å². The summed E-state index contributed by atoms with van der Waals surface area (Å²) in [7, 11) is 0. The van der Waals surface area contributed by atoms with Crippen molar-refractivity contribution in [3.05, 3.63) is 29.8 Å². The number of nitrogens with one attached hydrogen (secondary N) is 1. The molecule has 1 heterocycles. The summed E-state index contributed by atoms with van der Waals surface area (Å²) >= 11 is 0. The molecule has 0 saturated carbocycles. The Balaban J connectivity index is 2.32. The summed E-state index contributed by atoms with van der Waals surface area (Å²) in [5, 5.41) is 21.5. The summed E-state index contributed by atoms with van der Waals surface area (Å²) in [4.78, 5) is 2.36. The molecule has 1 fully saturated rings. The summed E-state index contributed by atoms with van der Waals surface area (Å²) in [5.74, 6) is 0. The molecular weight excluding hydrogens is 238 g/mol. The minimum Gasteiger partial charge on any atom is -0.396 e. The molecule has 0 amide bonds. The minimum atomic E-state index is -0.00769. The molecule has 2 N–H and O–H groups in total. The second-order valence-corrected chi connectivity index (χ2v) is 5.64. The van der Waals surface area contributed by atoms with Crippen molar-refractivity contribution >= 4 is 5.69 Å². The standard InChI is InChI=1S/C15H21N3O/c1-15(2)11-17-10-14(7-8-19)18(15)13-5-3-12(9-16)4-6-13/h3-6,14,17,19H,7-8,10-11H2,1-2H3. The lowest BCUT2D eigenvalue weighted by atomic mass is 9.93. The molecule has 19 heavy (non-hydrogen) atoms. The zero-order chi connectivity index (χ0) is 13.9. The van der Waals surface area contributed by atoms with Crippen LogP contribution in [0.5, 0.6) is 0 Å². The zero-order valence-corrected chi connectivity index (χ0v) is 11.6. The number of aliphatic hydroxyl groups excluding tert-OH is 1. The van der Waals surface area contributed by atoms with Crippen molar-refractivity contribution in [2.24, 2.45) is 0 Å². The lowest BCUT2D eigenvalue weighted by molar-refractivity contribution is 0.241. The van der Waals surface area contributed by atoms with Crippen molar-refractivity contribution in [1.82, 2.24) is 5.32 Å². The average Bonchev–Trinajstić information content (AvgIpc) is 2.39. The van der Waals surface area contributed by atoms with Gasteiger partial charge in [0, 0.05) is 37.0 Å². The van der Waals surface area contributed by atoms with Crippen molar-refractivity contribution in [1.29, 1.82) is 5.26 Å². The second kappa shape index (κ2) is 5.60. The molecule has 1 aliphatic heterocycles. The van der Waals surface area contributed by atoms with E-state index in [9.17, 15) is 5.11 Å². The van der Waals surface area contributed by atoms with Gasteiger partial charge in [0.25, 0.3) is 0 Å². The maximum absolute atomic E-state index is 9.24. The highest BCUT2D eigenvalue weighted by Gasteiger charge is 2.35. The first-order valence-corrected chi connectivity index (χ1v) is 6.69. The third-order valence-electron chi connectivity index (χ3n) is 3.69. The van der Waals surface area contributed by atoms with E-state index < -0.39 is 0 Å². The van der Waals surface area contributed by atoms with E-state index in [0.29, 0.717) is 5.56 Å². The summed E-state index contributed by atoms with van der Waals surface area (Å²) in [6, 6.07) is 10.1. The summed E-state index contributed by atoms with van der Waals surface area (Å²) in [5.41, 5.74) is 1.78. The largest absolute Gasteiger partial charge is 0.396 e. The topological polar surface area (TPSA) is 59.3 Å². The molecule has 102 valence electrons. The highest BCUT2D eigenvalue weighted by molar-refractivity contribution is 5.53. The molecule has 0 radical (unpaired) electrons. The van der Waals surface area contributed by atoms with Gasteiger partial charge in [-0.1, -0.05) is 0 Å². The highest BCUT2D eigenvalue weighted by Crippen LogP contribution is 2.30. The van der Waals surface area contributed by atoms with E-state index in [1.165, 1.54) is 0 Å². The fourth-order valence-corrected chi connectivity index (χ4v) is 2.85. The summed E-state index contributed by atoms with van der Waals surface area (Å²) < 4.78 is 0. The molecule has 1 aromatic rings. The molecule has 1 aromatic carbocycles. The smallest absolute Gasteiger partial charge is 0.0991 e. The first kappa shape index (κ1) is 13.9. The quantitative estimate of drug-likeness (QED) is 0.863. The number of benzene rings is 1. The predicted molar refractivity (Wildman–Crippen MR) is 76.1 cm³/mol. The van der Waals surface area contributed by atoms with Gasteiger partial charge in [0.15, 0.2) is 0 Å². The average molecular weight is 259 g/mol. The summed E-state index contributed by atoms with van der Waals surface area (Å²) in [6.45, 7) is 6.37. The van der Waals surface area contributed by atoms with Crippen molar-refractivity contribution in [3.63, 3.8) is 0 Å². The van der Waals surface area contributed by atoms with Crippen LogP contribution < -0.4 is 10.2 Å². The Kier molecular flexibility index (Phi) is 4.08. The van der Waals surface area contributed by atoms with E-state index in [4.69, 9.17) is 5.26 Å². The van der Waals surface area contributed by atoms with Gasteiger partial charge in [0.1, 0.15) is 0 Å². The molecule has 0 aromatic heterocycles. The molecule has 1 unspecified atom stereocenters. The van der Waals surface area contributed by atoms with Crippen molar-refractivity contribution < 1.29 is 5.11 Å². The molecular formula is C15H21N3O. The van der Waals surface area contributed by atoms with Crippen LogP contribution in [0.1, 0.15) is 25.8 Å². The van der Waals surface area contributed by atoms with Crippen LogP contribution in [0.4, 0.5) is 5.69 Å². The highest BCUT2D eigenvalue weighted by atomic mass is 16.3.